The van der Waals surface area contributed by atoms with Crippen LogP contribution >= 0.6 is 11.6 Å². The molecule has 0 bridgehead atoms. The predicted molar refractivity (Wildman–Crippen MR) is 71.3 cm³/mol. The lowest BCUT2D eigenvalue weighted by atomic mass is 9.86. The second-order valence-electron chi connectivity index (χ2n) is 5.48. The third-order valence-corrected chi connectivity index (χ3v) is 4.70. The lowest BCUT2D eigenvalue weighted by Crippen LogP contribution is -2.43. The molecule has 2 aliphatic heterocycles. The molecular weight excluding hydrogens is 250 g/mol. The van der Waals surface area contributed by atoms with E-state index >= 15 is 0 Å². The highest BCUT2D eigenvalue weighted by molar-refractivity contribution is 6.32. The average Bonchev–Trinajstić information content (AvgIpc) is 2.73. The topological polar surface area (TPSA) is 41.5 Å². The van der Waals surface area contributed by atoms with Crippen LogP contribution < -0.4 is 10.1 Å². The van der Waals surface area contributed by atoms with E-state index in [0.29, 0.717) is 6.42 Å². The summed E-state index contributed by atoms with van der Waals surface area (Å²) < 4.78 is 6.19. The molecular formula is C14H18ClNO2. The SMILES string of the molecule is Cc1cc2c(c(C)c1Cl)C(O)CC1(CCNC1)O2. The van der Waals surface area contributed by atoms with Crippen molar-refractivity contribution in [2.45, 2.75) is 38.4 Å². The molecule has 0 radical (unpaired) electrons. The molecule has 18 heavy (non-hydrogen) atoms. The van der Waals surface area contributed by atoms with Crippen molar-refractivity contribution in [3.63, 3.8) is 0 Å². The Labute approximate surface area is 112 Å². The van der Waals surface area contributed by atoms with Gasteiger partial charge >= 0.3 is 0 Å². The van der Waals surface area contributed by atoms with E-state index in [1.807, 2.05) is 19.9 Å². The zero-order valence-corrected chi connectivity index (χ0v) is 11.5. The Morgan fingerprint density at radius 3 is 2.94 bits per heavy atom. The molecule has 2 unspecified atom stereocenters. The number of hydrogen-bond acceptors (Lipinski definition) is 3. The molecule has 3 rings (SSSR count). The first-order chi connectivity index (χ1) is 8.52. The summed E-state index contributed by atoms with van der Waals surface area (Å²) in [6, 6.07) is 1.95. The van der Waals surface area contributed by atoms with Crippen molar-refractivity contribution in [2.75, 3.05) is 13.1 Å². The molecule has 0 aliphatic carbocycles. The van der Waals surface area contributed by atoms with Gasteiger partial charge in [0.15, 0.2) is 0 Å². The van der Waals surface area contributed by atoms with Crippen LogP contribution in [0.15, 0.2) is 6.07 Å². The smallest absolute Gasteiger partial charge is 0.126 e. The van der Waals surface area contributed by atoms with Crippen LogP contribution in [0.25, 0.3) is 0 Å². The standard InChI is InChI=1S/C14H18ClNO2/c1-8-5-11-12(9(2)13(8)15)10(17)6-14(18-11)3-4-16-7-14/h5,10,16-17H,3-4,6-7H2,1-2H3. The molecule has 0 amide bonds. The fourth-order valence-electron chi connectivity index (χ4n) is 3.15. The minimum Gasteiger partial charge on any atom is -0.485 e. The highest BCUT2D eigenvalue weighted by Crippen LogP contribution is 2.46. The van der Waals surface area contributed by atoms with Gasteiger partial charge in [0.25, 0.3) is 0 Å². The van der Waals surface area contributed by atoms with Crippen LogP contribution in [0.5, 0.6) is 5.75 Å². The summed E-state index contributed by atoms with van der Waals surface area (Å²) in [6.45, 7) is 5.68. The lowest BCUT2D eigenvalue weighted by Gasteiger charge is -2.38. The number of halogens is 1. The molecule has 1 saturated heterocycles. The van der Waals surface area contributed by atoms with E-state index in [4.69, 9.17) is 16.3 Å². The first-order valence-corrected chi connectivity index (χ1v) is 6.78. The van der Waals surface area contributed by atoms with Crippen LogP contribution in [0.3, 0.4) is 0 Å². The van der Waals surface area contributed by atoms with Gasteiger partial charge in [-0.2, -0.15) is 0 Å². The number of aryl methyl sites for hydroxylation is 1. The Kier molecular flexibility index (Phi) is 2.81. The van der Waals surface area contributed by atoms with Crippen LogP contribution in [0.4, 0.5) is 0 Å². The molecule has 1 aromatic rings. The van der Waals surface area contributed by atoms with E-state index in [-0.39, 0.29) is 5.60 Å². The van der Waals surface area contributed by atoms with Crippen molar-refractivity contribution in [3.05, 3.63) is 27.8 Å². The summed E-state index contributed by atoms with van der Waals surface area (Å²) >= 11 is 6.25. The van der Waals surface area contributed by atoms with Gasteiger partial charge in [0.05, 0.1) is 6.10 Å². The second kappa shape index (κ2) is 4.12. The molecule has 2 atom stereocenters. The fourth-order valence-corrected chi connectivity index (χ4v) is 3.30. The molecule has 2 N–H and O–H groups in total. The number of benzene rings is 1. The number of nitrogens with one attached hydrogen (secondary N) is 1. The third kappa shape index (κ3) is 1.73. The number of rotatable bonds is 0. The van der Waals surface area contributed by atoms with Crippen LogP contribution in [0, 0.1) is 13.8 Å². The second-order valence-corrected chi connectivity index (χ2v) is 5.85. The molecule has 1 aromatic carbocycles. The minimum absolute atomic E-state index is 0.237. The van der Waals surface area contributed by atoms with Crippen molar-refractivity contribution in [1.82, 2.24) is 5.32 Å². The van der Waals surface area contributed by atoms with E-state index in [1.165, 1.54) is 0 Å². The van der Waals surface area contributed by atoms with Crippen molar-refractivity contribution in [2.24, 2.45) is 0 Å². The predicted octanol–water partition coefficient (Wildman–Crippen LogP) is 2.50. The van der Waals surface area contributed by atoms with Crippen LogP contribution in [0.1, 0.15) is 35.6 Å². The first kappa shape index (κ1) is 12.3. The summed E-state index contributed by atoms with van der Waals surface area (Å²) in [5.74, 6) is 0.803. The van der Waals surface area contributed by atoms with E-state index < -0.39 is 6.10 Å². The van der Waals surface area contributed by atoms with Gasteiger partial charge in [-0.25, -0.2) is 0 Å². The molecule has 98 valence electrons. The first-order valence-electron chi connectivity index (χ1n) is 6.40. The number of hydrogen-bond donors (Lipinski definition) is 2. The largest absolute Gasteiger partial charge is 0.485 e. The van der Waals surface area contributed by atoms with Crippen LogP contribution in [-0.4, -0.2) is 23.8 Å². The van der Waals surface area contributed by atoms with Crippen LogP contribution in [-0.2, 0) is 0 Å². The Bertz CT molecular complexity index is 495. The van der Waals surface area contributed by atoms with Crippen LogP contribution in [0.2, 0.25) is 5.02 Å². The molecule has 0 aromatic heterocycles. The van der Waals surface area contributed by atoms with Gasteiger partial charge in [0.2, 0.25) is 0 Å². The zero-order valence-electron chi connectivity index (χ0n) is 10.7. The molecule has 1 spiro atoms. The Balaban J connectivity index is 2.09. The normalized spacial score (nSPS) is 30.3. The lowest BCUT2D eigenvalue weighted by molar-refractivity contribution is -0.000705. The number of aliphatic hydroxyl groups is 1. The van der Waals surface area contributed by atoms with Gasteiger partial charge < -0.3 is 15.2 Å². The highest BCUT2D eigenvalue weighted by Gasteiger charge is 2.43. The van der Waals surface area contributed by atoms with Crippen molar-refractivity contribution < 1.29 is 9.84 Å². The van der Waals surface area contributed by atoms with Gasteiger partial charge in [-0.3, -0.25) is 0 Å². The Hall–Kier alpha value is -0.770. The highest BCUT2D eigenvalue weighted by atomic mass is 35.5. The van der Waals surface area contributed by atoms with E-state index in [9.17, 15) is 5.11 Å². The average molecular weight is 268 g/mol. The molecule has 4 heteroatoms. The molecule has 3 nitrogen and oxygen atoms in total. The molecule has 2 aliphatic rings. The summed E-state index contributed by atoms with van der Waals surface area (Å²) in [6.07, 6.45) is 1.11. The summed E-state index contributed by atoms with van der Waals surface area (Å²) in [4.78, 5) is 0. The quantitative estimate of drug-likeness (QED) is 0.759. The minimum atomic E-state index is -0.480. The van der Waals surface area contributed by atoms with Crippen molar-refractivity contribution in [3.8, 4) is 5.75 Å². The van der Waals surface area contributed by atoms with Gasteiger partial charge in [0.1, 0.15) is 11.4 Å². The molecule has 0 saturated carbocycles. The van der Waals surface area contributed by atoms with Gasteiger partial charge in [-0.1, -0.05) is 11.6 Å². The van der Waals surface area contributed by atoms with Gasteiger partial charge in [-0.15, -0.1) is 0 Å². The third-order valence-electron chi connectivity index (χ3n) is 4.12. The van der Waals surface area contributed by atoms with E-state index in [1.54, 1.807) is 0 Å². The monoisotopic (exact) mass is 267 g/mol. The summed E-state index contributed by atoms with van der Waals surface area (Å²) in [5.41, 5.74) is 2.57. The fraction of sp³-hybridized carbons (Fsp3) is 0.571. The van der Waals surface area contributed by atoms with Gasteiger partial charge in [0, 0.05) is 30.0 Å². The maximum Gasteiger partial charge on any atom is 0.126 e. The number of aliphatic hydroxyl groups excluding tert-OH is 1. The summed E-state index contributed by atoms with van der Waals surface area (Å²) in [5, 5.41) is 14.5. The summed E-state index contributed by atoms with van der Waals surface area (Å²) in [7, 11) is 0. The van der Waals surface area contributed by atoms with Gasteiger partial charge in [-0.05, 0) is 37.6 Å². The Morgan fingerprint density at radius 1 is 1.50 bits per heavy atom. The van der Waals surface area contributed by atoms with Crippen molar-refractivity contribution in [1.29, 1.82) is 0 Å². The number of fused-ring (bicyclic) bond motifs is 1. The maximum atomic E-state index is 10.4. The zero-order chi connectivity index (χ0) is 12.9. The van der Waals surface area contributed by atoms with E-state index in [2.05, 4.69) is 5.32 Å². The Morgan fingerprint density at radius 2 is 2.28 bits per heavy atom. The maximum absolute atomic E-state index is 10.4. The van der Waals surface area contributed by atoms with E-state index in [0.717, 1.165) is 47.0 Å². The molecule has 1 fully saturated rings. The molecule has 2 heterocycles. The van der Waals surface area contributed by atoms with Crippen molar-refractivity contribution >= 4 is 11.6 Å². The number of ether oxygens (including phenoxy) is 1.